The summed E-state index contributed by atoms with van der Waals surface area (Å²) in [5, 5.41) is 2.79. The van der Waals surface area contributed by atoms with E-state index in [2.05, 4.69) is 20.0 Å². The van der Waals surface area contributed by atoms with Gasteiger partial charge in [0.2, 0.25) is 5.95 Å². The third-order valence-electron chi connectivity index (χ3n) is 1.48. The number of aromatic amines is 1. The van der Waals surface area contributed by atoms with Gasteiger partial charge in [-0.05, 0) is 6.92 Å². The lowest BCUT2D eigenvalue weighted by molar-refractivity contribution is 0.0594. The van der Waals surface area contributed by atoms with Gasteiger partial charge in [0.05, 0.1) is 7.11 Å². The number of esters is 1. The van der Waals surface area contributed by atoms with Gasteiger partial charge in [-0.1, -0.05) is 0 Å². The summed E-state index contributed by atoms with van der Waals surface area (Å²) in [7, 11) is 1.23. The molecule has 76 valence electrons. The van der Waals surface area contributed by atoms with Crippen LogP contribution in [0, 0.1) is 0 Å². The SMILES string of the molecule is CCNc1nc(C(=O)OC)cc(=O)[nH]1. The summed E-state index contributed by atoms with van der Waals surface area (Å²) in [6.07, 6.45) is 0. The normalized spacial score (nSPS) is 9.57. The molecule has 0 bridgehead atoms. The number of H-pyrrole nitrogens is 1. The smallest absolute Gasteiger partial charge is 0.357 e. The topological polar surface area (TPSA) is 84.1 Å². The maximum Gasteiger partial charge on any atom is 0.357 e. The molecule has 0 saturated carbocycles. The molecule has 0 spiro atoms. The number of hydrogen-bond acceptors (Lipinski definition) is 5. The molecule has 1 rings (SSSR count). The van der Waals surface area contributed by atoms with Crippen LogP contribution in [-0.4, -0.2) is 29.6 Å². The molecule has 2 N–H and O–H groups in total. The molecule has 1 heterocycles. The fraction of sp³-hybridized carbons (Fsp3) is 0.375. The van der Waals surface area contributed by atoms with Crippen LogP contribution < -0.4 is 10.9 Å². The number of hydrogen-bond donors (Lipinski definition) is 2. The lowest BCUT2D eigenvalue weighted by Crippen LogP contribution is -2.17. The summed E-state index contributed by atoms with van der Waals surface area (Å²) < 4.78 is 4.44. The Morgan fingerprint density at radius 3 is 3.00 bits per heavy atom. The number of anilines is 1. The molecule has 0 aliphatic carbocycles. The summed E-state index contributed by atoms with van der Waals surface area (Å²) in [4.78, 5) is 28.4. The zero-order chi connectivity index (χ0) is 10.6. The largest absolute Gasteiger partial charge is 0.464 e. The fourth-order valence-electron chi connectivity index (χ4n) is 0.918. The number of aromatic nitrogens is 2. The molecule has 0 aliphatic rings. The van der Waals surface area contributed by atoms with E-state index >= 15 is 0 Å². The molecule has 0 unspecified atom stereocenters. The molecule has 1 aromatic rings. The second-order valence-electron chi connectivity index (χ2n) is 2.50. The number of rotatable bonds is 3. The molecule has 1 aromatic heterocycles. The first-order valence-electron chi connectivity index (χ1n) is 4.11. The van der Waals surface area contributed by atoms with Crippen molar-refractivity contribution in [3.8, 4) is 0 Å². The van der Waals surface area contributed by atoms with E-state index in [9.17, 15) is 9.59 Å². The van der Waals surface area contributed by atoms with Crippen molar-refractivity contribution in [2.75, 3.05) is 19.0 Å². The van der Waals surface area contributed by atoms with Crippen LogP contribution in [0.5, 0.6) is 0 Å². The van der Waals surface area contributed by atoms with Crippen LogP contribution in [0.3, 0.4) is 0 Å². The minimum Gasteiger partial charge on any atom is -0.464 e. The molecule has 0 aliphatic heterocycles. The van der Waals surface area contributed by atoms with Gasteiger partial charge >= 0.3 is 5.97 Å². The first-order valence-corrected chi connectivity index (χ1v) is 4.11. The number of methoxy groups -OCH3 is 1. The Labute approximate surface area is 80.3 Å². The first kappa shape index (κ1) is 10.2. The Bertz CT molecular complexity index is 386. The predicted molar refractivity (Wildman–Crippen MR) is 50.4 cm³/mol. The van der Waals surface area contributed by atoms with Crippen molar-refractivity contribution in [2.45, 2.75) is 6.92 Å². The highest BCUT2D eigenvalue weighted by atomic mass is 16.5. The average Bonchev–Trinajstić information content (AvgIpc) is 2.16. The van der Waals surface area contributed by atoms with Crippen LogP contribution in [-0.2, 0) is 4.74 Å². The van der Waals surface area contributed by atoms with Crippen molar-refractivity contribution >= 4 is 11.9 Å². The second-order valence-corrected chi connectivity index (χ2v) is 2.50. The molecule has 0 atom stereocenters. The van der Waals surface area contributed by atoms with Gasteiger partial charge in [0.15, 0.2) is 5.69 Å². The average molecular weight is 197 g/mol. The quantitative estimate of drug-likeness (QED) is 0.666. The Kier molecular flexibility index (Phi) is 3.22. The molecular weight excluding hydrogens is 186 g/mol. The second kappa shape index (κ2) is 4.40. The Morgan fingerprint density at radius 2 is 2.43 bits per heavy atom. The van der Waals surface area contributed by atoms with Crippen LogP contribution in [0.25, 0.3) is 0 Å². The maximum atomic E-state index is 11.1. The molecule has 0 amide bonds. The lowest BCUT2D eigenvalue weighted by atomic mass is 10.4. The van der Waals surface area contributed by atoms with Crippen molar-refractivity contribution in [2.24, 2.45) is 0 Å². The Balaban J connectivity index is 3.07. The molecule has 0 aromatic carbocycles. The minimum atomic E-state index is -0.629. The predicted octanol–water partition coefficient (Wildman–Crippen LogP) is -0.0117. The van der Waals surface area contributed by atoms with Crippen LogP contribution in [0.2, 0.25) is 0 Å². The van der Waals surface area contributed by atoms with E-state index in [1.807, 2.05) is 6.92 Å². The van der Waals surface area contributed by atoms with Gasteiger partial charge in [0.25, 0.3) is 5.56 Å². The van der Waals surface area contributed by atoms with Gasteiger partial charge in [-0.3, -0.25) is 9.78 Å². The summed E-state index contributed by atoms with van der Waals surface area (Å²) in [6, 6.07) is 1.09. The molecule has 6 nitrogen and oxygen atoms in total. The highest BCUT2D eigenvalue weighted by molar-refractivity contribution is 5.87. The van der Waals surface area contributed by atoms with Gasteiger partial charge < -0.3 is 10.1 Å². The van der Waals surface area contributed by atoms with E-state index in [1.54, 1.807) is 0 Å². The van der Waals surface area contributed by atoms with Crippen molar-refractivity contribution in [3.63, 3.8) is 0 Å². The van der Waals surface area contributed by atoms with E-state index < -0.39 is 11.5 Å². The van der Waals surface area contributed by atoms with E-state index in [0.717, 1.165) is 6.07 Å². The van der Waals surface area contributed by atoms with Crippen LogP contribution >= 0.6 is 0 Å². The summed E-state index contributed by atoms with van der Waals surface area (Å²) in [5.74, 6) is -0.365. The van der Waals surface area contributed by atoms with E-state index in [-0.39, 0.29) is 11.6 Å². The number of nitrogens with one attached hydrogen (secondary N) is 2. The molecule has 14 heavy (non-hydrogen) atoms. The van der Waals surface area contributed by atoms with Crippen molar-refractivity contribution < 1.29 is 9.53 Å². The first-order chi connectivity index (χ1) is 6.67. The maximum absolute atomic E-state index is 11.1. The summed E-state index contributed by atoms with van der Waals surface area (Å²) in [6.45, 7) is 2.46. The molecular formula is C8H11N3O3. The zero-order valence-electron chi connectivity index (χ0n) is 7.96. The van der Waals surface area contributed by atoms with Gasteiger partial charge in [-0.15, -0.1) is 0 Å². The number of nitrogens with zero attached hydrogens (tertiary/aromatic N) is 1. The van der Waals surface area contributed by atoms with E-state index in [4.69, 9.17) is 0 Å². The van der Waals surface area contributed by atoms with Crippen LogP contribution in [0.15, 0.2) is 10.9 Å². The Morgan fingerprint density at radius 1 is 1.71 bits per heavy atom. The van der Waals surface area contributed by atoms with Crippen LogP contribution in [0.1, 0.15) is 17.4 Å². The van der Waals surface area contributed by atoms with Gasteiger partial charge in [0.1, 0.15) is 0 Å². The third kappa shape index (κ3) is 2.32. The van der Waals surface area contributed by atoms with Gasteiger partial charge in [0, 0.05) is 12.6 Å². The molecule has 0 radical (unpaired) electrons. The van der Waals surface area contributed by atoms with Crippen molar-refractivity contribution in [1.29, 1.82) is 0 Å². The zero-order valence-corrected chi connectivity index (χ0v) is 7.96. The molecule has 6 heteroatoms. The summed E-state index contributed by atoms with van der Waals surface area (Å²) >= 11 is 0. The van der Waals surface area contributed by atoms with Crippen LogP contribution in [0.4, 0.5) is 5.95 Å². The lowest BCUT2D eigenvalue weighted by Gasteiger charge is -2.02. The monoisotopic (exact) mass is 197 g/mol. The molecule has 0 saturated heterocycles. The van der Waals surface area contributed by atoms with Crippen molar-refractivity contribution in [1.82, 2.24) is 9.97 Å². The fourth-order valence-corrected chi connectivity index (χ4v) is 0.918. The van der Waals surface area contributed by atoms with E-state index in [0.29, 0.717) is 6.54 Å². The van der Waals surface area contributed by atoms with Gasteiger partial charge in [-0.25, -0.2) is 9.78 Å². The van der Waals surface area contributed by atoms with E-state index in [1.165, 1.54) is 7.11 Å². The number of carbonyl (C=O) groups is 1. The third-order valence-corrected chi connectivity index (χ3v) is 1.48. The highest BCUT2D eigenvalue weighted by Gasteiger charge is 2.09. The minimum absolute atomic E-state index is 0.00722. The standard InChI is InChI=1S/C8H11N3O3/c1-3-9-8-10-5(7(13)14-2)4-6(12)11-8/h4H,3H2,1-2H3,(H2,9,10,11,12). The number of carbonyl (C=O) groups excluding carboxylic acids is 1. The van der Waals surface area contributed by atoms with Gasteiger partial charge in [-0.2, -0.15) is 0 Å². The summed E-state index contributed by atoms with van der Waals surface area (Å²) in [5.41, 5.74) is -0.399. The highest BCUT2D eigenvalue weighted by Crippen LogP contribution is 1.98. The Hall–Kier alpha value is -1.85. The molecule has 0 fully saturated rings. The van der Waals surface area contributed by atoms with Crippen molar-refractivity contribution in [3.05, 3.63) is 22.1 Å². The number of ether oxygens (including phenoxy) is 1.